The molecule has 0 radical (unpaired) electrons. The van der Waals surface area contributed by atoms with E-state index in [0.717, 1.165) is 17.0 Å². The molecule has 0 aliphatic rings. The van der Waals surface area contributed by atoms with Crippen LogP contribution in [0.1, 0.15) is 28.8 Å². The van der Waals surface area contributed by atoms with E-state index in [0.29, 0.717) is 5.82 Å². The number of hydrogen-bond donors (Lipinski definition) is 1. The summed E-state index contributed by atoms with van der Waals surface area (Å²) in [5.41, 5.74) is 8.77. The Labute approximate surface area is 94.6 Å². The van der Waals surface area contributed by atoms with Gasteiger partial charge in [-0.1, -0.05) is 30.3 Å². The molecule has 4 nitrogen and oxygen atoms in total. The first-order valence-corrected chi connectivity index (χ1v) is 5.17. The van der Waals surface area contributed by atoms with Crippen LogP contribution in [0.15, 0.2) is 30.3 Å². The largest absolute Gasteiger partial charge is 0.318 e. The topological polar surface area (TPSA) is 64.7 Å². The van der Waals surface area contributed by atoms with Gasteiger partial charge in [0.05, 0.1) is 17.4 Å². The van der Waals surface area contributed by atoms with E-state index < -0.39 is 0 Å². The third-order valence-corrected chi connectivity index (χ3v) is 2.55. The van der Waals surface area contributed by atoms with E-state index >= 15 is 0 Å². The molecule has 0 fully saturated rings. The molecular formula is C12H14N4. The highest BCUT2D eigenvalue weighted by Gasteiger charge is 2.12. The van der Waals surface area contributed by atoms with Crippen molar-refractivity contribution in [3.8, 4) is 0 Å². The Hall–Kier alpha value is -1.81. The smallest absolute Gasteiger partial charge is 0.172 e. The molecule has 4 heteroatoms. The Bertz CT molecular complexity index is 482. The number of benzene rings is 1. The van der Waals surface area contributed by atoms with Crippen LogP contribution in [-0.2, 0) is 0 Å². The van der Waals surface area contributed by atoms with E-state index in [1.165, 1.54) is 0 Å². The van der Waals surface area contributed by atoms with Crippen molar-refractivity contribution < 1.29 is 0 Å². The lowest BCUT2D eigenvalue weighted by molar-refractivity contribution is 0.721. The van der Waals surface area contributed by atoms with Gasteiger partial charge in [-0.25, -0.2) is 4.98 Å². The molecule has 82 valence electrons. The number of nitrogens with two attached hydrogens (primary N) is 1. The lowest BCUT2D eigenvalue weighted by Gasteiger charge is -2.10. The third kappa shape index (κ3) is 2.06. The van der Waals surface area contributed by atoms with Gasteiger partial charge in [0.25, 0.3) is 0 Å². The standard InChI is InChI=1S/C12H14N4/c1-8-9(2)15-16-12(14-8)11(13)10-6-4-3-5-7-10/h3-7,11H,13H2,1-2H3. The van der Waals surface area contributed by atoms with Crippen LogP contribution in [0, 0.1) is 13.8 Å². The van der Waals surface area contributed by atoms with Crippen molar-refractivity contribution in [3.63, 3.8) is 0 Å². The van der Waals surface area contributed by atoms with E-state index in [4.69, 9.17) is 5.73 Å². The SMILES string of the molecule is Cc1nnc(C(N)c2ccccc2)nc1C. The second kappa shape index (κ2) is 4.37. The van der Waals surface area contributed by atoms with Crippen LogP contribution in [0.3, 0.4) is 0 Å². The fourth-order valence-corrected chi connectivity index (χ4v) is 1.41. The van der Waals surface area contributed by atoms with Crippen LogP contribution in [0.5, 0.6) is 0 Å². The van der Waals surface area contributed by atoms with Crippen molar-refractivity contribution >= 4 is 0 Å². The maximum absolute atomic E-state index is 6.07. The van der Waals surface area contributed by atoms with Crippen LogP contribution in [0.2, 0.25) is 0 Å². The molecule has 0 bridgehead atoms. The summed E-state index contributed by atoms with van der Waals surface area (Å²) in [6, 6.07) is 9.46. The van der Waals surface area contributed by atoms with Gasteiger partial charge in [0, 0.05) is 0 Å². The van der Waals surface area contributed by atoms with Crippen molar-refractivity contribution in [3.05, 3.63) is 53.1 Å². The maximum Gasteiger partial charge on any atom is 0.172 e. The molecule has 1 heterocycles. The second-order valence-corrected chi connectivity index (χ2v) is 3.73. The number of aryl methyl sites for hydroxylation is 2. The summed E-state index contributed by atoms with van der Waals surface area (Å²) in [6.45, 7) is 3.79. The van der Waals surface area contributed by atoms with E-state index in [1.807, 2.05) is 44.2 Å². The molecule has 2 aromatic rings. The van der Waals surface area contributed by atoms with E-state index in [1.54, 1.807) is 0 Å². The van der Waals surface area contributed by atoms with Crippen LogP contribution >= 0.6 is 0 Å². The third-order valence-electron chi connectivity index (χ3n) is 2.55. The second-order valence-electron chi connectivity index (χ2n) is 3.73. The van der Waals surface area contributed by atoms with Gasteiger partial charge in [-0.15, -0.1) is 5.10 Å². The van der Waals surface area contributed by atoms with Crippen LogP contribution in [-0.4, -0.2) is 15.2 Å². The average Bonchev–Trinajstić information content (AvgIpc) is 2.33. The van der Waals surface area contributed by atoms with Crippen molar-refractivity contribution in [2.75, 3.05) is 0 Å². The minimum absolute atomic E-state index is 0.312. The number of hydrogen-bond acceptors (Lipinski definition) is 4. The maximum atomic E-state index is 6.07. The predicted molar refractivity (Wildman–Crippen MR) is 61.8 cm³/mol. The van der Waals surface area contributed by atoms with E-state index in [2.05, 4.69) is 15.2 Å². The molecule has 0 amide bonds. The minimum atomic E-state index is -0.312. The molecule has 1 aromatic heterocycles. The fraction of sp³-hybridized carbons (Fsp3) is 0.250. The van der Waals surface area contributed by atoms with Gasteiger partial charge in [0.2, 0.25) is 0 Å². The highest BCUT2D eigenvalue weighted by Crippen LogP contribution is 2.15. The normalized spacial score (nSPS) is 12.4. The van der Waals surface area contributed by atoms with Gasteiger partial charge in [0.15, 0.2) is 5.82 Å². The lowest BCUT2D eigenvalue weighted by Crippen LogP contribution is -2.17. The quantitative estimate of drug-likeness (QED) is 0.823. The molecule has 1 aromatic carbocycles. The van der Waals surface area contributed by atoms with Gasteiger partial charge >= 0.3 is 0 Å². The summed E-state index contributed by atoms with van der Waals surface area (Å²) in [5, 5.41) is 8.06. The number of rotatable bonds is 2. The van der Waals surface area contributed by atoms with Crippen LogP contribution < -0.4 is 5.73 Å². The summed E-state index contributed by atoms with van der Waals surface area (Å²) >= 11 is 0. The van der Waals surface area contributed by atoms with E-state index in [-0.39, 0.29) is 6.04 Å². The first kappa shape index (κ1) is 10.7. The van der Waals surface area contributed by atoms with Crippen LogP contribution in [0.4, 0.5) is 0 Å². The monoisotopic (exact) mass is 214 g/mol. The van der Waals surface area contributed by atoms with Gasteiger partial charge in [-0.2, -0.15) is 5.10 Å². The van der Waals surface area contributed by atoms with Gasteiger partial charge in [-0.3, -0.25) is 0 Å². The molecule has 1 unspecified atom stereocenters. The molecule has 1 atom stereocenters. The first-order valence-electron chi connectivity index (χ1n) is 5.17. The molecule has 2 N–H and O–H groups in total. The molecule has 0 saturated heterocycles. The van der Waals surface area contributed by atoms with Crippen molar-refractivity contribution in [1.29, 1.82) is 0 Å². The summed E-state index contributed by atoms with van der Waals surface area (Å²) < 4.78 is 0. The molecule has 0 aliphatic heterocycles. The molecule has 0 spiro atoms. The zero-order chi connectivity index (χ0) is 11.5. The van der Waals surface area contributed by atoms with Crippen molar-refractivity contribution in [2.24, 2.45) is 5.73 Å². The number of nitrogens with zero attached hydrogens (tertiary/aromatic N) is 3. The molecule has 16 heavy (non-hydrogen) atoms. The lowest BCUT2D eigenvalue weighted by atomic mass is 10.1. The Kier molecular flexibility index (Phi) is 2.92. The highest BCUT2D eigenvalue weighted by atomic mass is 15.2. The highest BCUT2D eigenvalue weighted by molar-refractivity contribution is 5.24. The summed E-state index contributed by atoms with van der Waals surface area (Å²) in [5.74, 6) is 0.564. The summed E-state index contributed by atoms with van der Waals surface area (Å²) in [4.78, 5) is 4.35. The van der Waals surface area contributed by atoms with Crippen molar-refractivity contribution in [1.82, 2.24) is 15.2 Å². The average molecular weight is 214 g/mol. The van der Waals surface area contributed by atoms with E-state index in [9.17, 15) is 0 Å². The minimum Gasteiger partial charge on any atom is -0.318 e. The molecule has 0 aliphatic carbocycles. The zero-order valence-electron chi connectivity index (χ0n) is 9.38. The number of aromatic nitrogens is 3. The van der Waals surface area contributed by atoms with Gasteiger partial charge < -0.3 is 5.73 Å². The zero-order valence-corrected chi connectivity index (χ0v) is 9.38. The molecule has 2 rings (SSSR count). The Morgan fingerprint density at radius 1 is 1.00 bits per heavy atom. The van der Waals surface area contributed by atoms with Gasteiger partial charge in [-0.05, 0) is 19.4 Å². The summed E-state index contributed by atoms with van der Waals surface area (Å²) in [6.07, 6.45) is 0. The Balaban J connectivity index is 2.34. The Morgan fingerprint density at radius 3 is 2.31 bits per heavy atom. The first-order chi connectivity index (χ1) is 7.68. The summed E-state index contributed by atoms with van der Waals surface area (Å²) in [7, 11) is 0. The molecular weight excluding hydrogens is 200 g/mol. The van der Waals surface area contributed by atoms with Crippen molar-refractivity contribution in [2.45, 2.75) is 19.9 Å². The van der Waals surface area contributed by atoms with Crippen LogP contribution in [0.25, 0.3) is 0 Å². The van der Waals surface area contributed by atoms with Gasteiger partial charge in [0.1, 0.15) is 0 Å². The molecule has 0 saturated carbocycles. The predicted octanol–water partition coefficient (Wildman–Crippen LogP) is 1.54. The fourth-order valence-electron chi connectivity index (χ4n) is 1.41. The Morgan fingerprint density at radius 2 is 1.69 bits per heavy atom.